The molecule has 43 heavy (non-hydrogen) atoms. The SMILES string of the molecule is COc1cc(NCc2ccc3nc(N)nc(N)c3c2C)c(CCS(=O)(=O)C(C)n2c([N+](=O)[O-])cnc2C)c(OC)c1OC. The monoisotopic (exact) mass is 614 g/mol. The molecule has 0 fully saturated rings. The molecule has 0 aliphatic heterocycles. The van der Waals surface area contributed by atoms with Crippen molar-refractivity contribution in [3.8, 4) is 17.2 Å². The van der Waals surface area contributed by atoms with Crippen molar-refractivity contribution in [2.45, 2.75) is 39.1 Å². The lowest BCUT2D eigenvalue weighted by atomic mass is 10.0. The van der Waals surface area contributed by atoms with Crippen LogP contribution in [0.4, 0.5) is 23.3 Å². The van der Waals surface area contributed by atoms with E-state index < -0.39 is 26.0 Å². The number of nitrogens with one attached hydrogen (secondary N) is 1. The van der Waals surface area contributed by atoms with Crippen molar-refractivity contribution in [2.75, 3.05) is 43.9 Å². The van der Waals surface area contributed by atoms with Gasteiger partial charge in [0.2, 0.25) is 17.1 Å². The summed E-state index contributed by atoms with van der Waals surface area (Å²) in [6, 6.07) is 5.39. The molecule has 4 aromatic rings. The highest BCUT2D eigenvalue weighted by atomic mass is 32.2. The number of aryl methyl sites for hydroxylation is 2. The number of rotatable bonds is 12. The van der Waals surface area contributed by atoms with Crippen molar-refractivity contribution >= 4 is 44.0 Å². The summed E-state index contributed by atoms with van der Waals surface area (Å²) in [6.07, 6.45) is 1.04. The molecule has 0 aliphatic rings. The number of nitrogens with zero attached hydrogens (tertiary/aromatic N) is 5. The summed E-state index contributed by atoms with van der Waals surface area (Å²) in [5.74, 6) is 0.764. The van der Waals surface area contributed by atoms with Gasteiger partial charge in [0.05, 0.1) is 32.6 Å². The zero-order valence-corrected chi connectivity index (χ0v) is 25.5. The first-order chi connectivity index (χ1) is 20.3. The minimum Gasteiger partial charge on any atom is -0.493 e. The first kappa shape index (κ1) is 31.1. The second-order valence-electron chi connectivity index (χ2n) is 9.74. The molecule has 0 spiro atoms. The van der Waals surface area contributed by atoms with Crippen LogP contribution in [0.5, 0.6) is 17.2 Å². The molecule has 1 unspecified atom stereocenters. The number of nitrogen functional groups attached to an aromatic ring is 2. The van der Waals surface area contributed by atoms with E-state index in [2.05, 4.69) is 20.3 Å². The van der Waals surface area contributed by atoms with Crippen molar-refractivity contribution in [1.82, 2.24) is 19.5 Å². The van der Waals surface area contributed by atoms with Crippen molar-refractivity contribution in [1.29, 1.82) is 0 Å². The van der Waals surface area contributed by atoms with Crippen LogP contribution in [0.3, 0.4) is 0 Å². The third-order valence-corrected chi connectivity index (χ3v) is 9.38. The molecule has 0 saturated carbocycles. The molecule has 16 heteroatoms. The maximum Gasteiger partial charge on any atom is 0.343 e. The standard InChI is InChI=1S/C27H34N8O7S/c1-14-17(7-8-19-23(14)26(28)33-27(29)32-19)12-31-20-11-21(40-4)25(42-6)24(41-5)18(20)9-10-43(38,39)16(3)34-15(2)30-13-22(34)35(36)37/h7-8,11,13,16,31H,9-10,12H2,1-6H3,(H4,28,29,32,33). The summed E-state index contributed by atoms with van der Waals surface area (Å²) < 4.78 is 44.9. The molecule has 230 valence electrons. The number of aromatic nitrogens is 4. The summed E-state index contributed by atoms with van der Waals surface area (Å²) in [6.45, 7) is 5.13. The Kier molecular flexibility index (Phi) is 8.80. The van der Waals surface area contributed by atoms with Crippen molar-refractivity contribution in [3.63, 3.8) is 0 Å². The lowest BCUT2D eigenvalue weighted by molar-refractivity contribution is -0.392. The zero-order valence-electron chi connectivity index (χ0n) is 24.7. The maximum atomic E-state index is 13.5. The number of nitro groups is 1. The average Bonchev–Trinajstić information content (AvgIpc) is 3.35. The summed E-state index contributed by atoms with van der Waals surface area (Å²) in [5, 5.41) is 14.3. The number of imidazole rings is 1. The van der Waals surface area contributed by atoms with Crippen LogP contribution in [0, 0.1) is 24.0 Å². The van der Waals surface area contributed by atoms with Gasteiger partial charge in [-0.3, -0.25) is 0 Å². The van der Waals surface area contributed by atoms with Crippen LogP contribution in [0.1, 0.15) is 34.8 Å². The van der Waals surface area contributed by atoms with Crippen molar-refractivity contribution in [2.24, 2.45) is 0 Å². The second kappa shape index (κ2) is 12.2. The van der Waals surface area contributed by atoms with Gasteiger partial charge in [-0.1, -0.05) is 6.07 Å². The quantitative estimate of drug-likeness (QED) is 0.154. The average molecular weight is 615 g/mol. The van der Waals surface area contributed by atoms with Crippen LogP contribution in [0.15, 0.2) is 24.4 Å². The molecule has 2 aromatic carbocycles. The van der Waals surface area contributed by atoms with Gasteiger partial charge in [0, 0.05) is 36.2 Å². The third kappa shape index (κ3) is 5.90. The van der Waals surface area contributed by atoms with Gasteiger partial charge in [0.1, 0.15) is 12.0 Å². The first-order valence-corrected chi connectivity index (χ1v) is 14.8. The summed E-state index contributed by atoms with van der Waals surface area (Å²) >= 11 is 0. The van der Waals surface area contributed by atoms with Gasteiger partial charge < -0.3 is 41.1 Å². The number of sulfone groups is 1. The van der Waals surface area contributed by atoms with E-state index in [-0.39, 0.29) is 29.8 Å². The van der Waals surface area contributed by atoms with Crippen molar-refractivity contribution < 1.29 is 27.6 Å². The van der Waals surface area contributed by atoms with Gasteiger partial charge in [0.15, 0.2) is 27.2 Å². The number of nitrogens with two attached hydrogens (primary N) is 2. The highest BCUT2D eigenvalue weighted by molar-refractivity contribution is 7.91. The van der Waals surface area contributed by atoms with E-state index in [9.17, 15) is 18.5 Å². The summed E-state index contributed by atoms with van der Waals surface area (Å²) in [7, 11) is 0.462. The predicted octanol–water partition coefficient (Wildman–Crippen LogP) is 3.33. The molecule has 0 bridgehead atoms. The molecule has 5 N–H and O–H groups in total. The topological polar surface area (TPSA) is 213 Å². The van der Waals surface area contributed by atoms with E-state index in [1.807, 2.05) is 13.0 Å². The minimum absolute atomic E-state index is 0.00313. The molecule has 0 saturated heterocycles. The van der Waals surface area contributed by atoms with Gasteiger partial charge in [-0.2, -0.15) is 9.55 Å². The highest BCUT2D eigenvalue weighted by Gasteiger charge is 2.33. The Morgan fingerprint density at radius 1 is 1.09 bits per heavy atom. The molecular weight excluding hydrogens is 580 g/mol. The molecule has 15 nitrogen and oxygen atoms in total. The van der Waals surface area contributed by atoms with Gasteiger partial charge in [0.25, 0.3) is 0 Å². The Labute approximate surface area is 248 Å². The molecular formula is C27H34N8O7S. The fourth-order valence-electron chi connectivity index (χ4n) is 5.09. The lowest BCUT2D eigenvalue weighted by Gasteiger charge is -2.21. The first-order valence-electron chi connectivity index (χ1n) is 13.1. The van der Waals surface area contributed by atoms with Gasteiger partial charge in [-0.05, 0) is 42.4 Å². The molecule has 0 aliphatic carbocycles. The van der Waals surface area contributed by atoms with E-state index in [1.165, 1.54) is 35.2 Å². The number of ether oxygens (including phenoxy) is 3. The van der Waals surface area contributed by atoms with E-state index >= 15 is 0 Å². The molecule has 4 rings (SSSR count). The Morgan fingerprint density at radius 2 is 1.79 bits per heavy atom. The molecule has 2 aromatic heterocycles. The van der Waals surface area contributed by atoms with Crippen LogP contribution in [-0.4, -0.2) is 59.9 Å². The van der Waals surface area contributed by atoms with Crippen LogP contribution < -0.4 is 31.0 Å². The number of benzene rings is 2. The Hall–Kier alpha value is -4.86. The third-order valence-electron chi connectivity index (χ3n) is 7.35. The number of methoxy groups -OCH3 is 3. The van der Waals surface area contributed by atoms with E-state index in [0.717, 1.165) is 21.9 Å². The summed E-state index contributed by atoms with van der Waals surface area (Å²) in [4.78, 5) is 23.1. The summed E-state index contributed by atoms with van der Waals surface area (Å²) in [5.41, 5.74) is 15.3. The van der Waals surface area contributed by atoms with E-state index in [1.54, 1.807) is 12.1 Å². The number of hydrogen-bond acceptors (Lipinski definition) is 13. The van der Waals surface area contributed by atoms with Crippen LogP contribution >= 0.6 is 0 Å². The van der Waals surface area contributed by atoms with Gasteiger partial charge in [-0.15, -0.1) is 0 Å². The highest BCUT2D eigenvalue weighted by Crippen LogP contribution is 2.45. The molecule has 0 amide bonds. The molecule has 2 heterocycles. The fourth-order valence-corrected chi connectivity index (χ4v) is 6.50. The maximum absolute atomic E-state index is 13.5. The molecule has 1 atom stereocenters. The number of hydrogen-bond donors (Lipinski definition) is 3. The van der Waals surface area contributed by atoms with Gasteiger partial charge in [-0.25, -0.2) is 18.4 Å². The van der Waals surface area contributed by atoms with E-state index in [4.69, 9.17) is 25.7 Å². The Morgan fingerprint density at radius 3 is 2.42 bits per heavy atom. The predicted molar refractivity (Wildman–Crippen MR) is 162 cm³/mol. The van der Waals surface area contributed by atoms with Gasteiger partial charge >= 0.3 is 5.82 Å². The largest absolute Gasteiger partial charge is 0.493 e. The number of fused-ring (bicyclic) bond motifs is 1. The van der Waals surface area contributed by atoms with E-state index in [0.29, 0.717) is 45.9 Å². The Balaban J connectivity index is 1.71. The second-order valence-corrected chi connectivity index (χ2v) is 12.2. The van der Waals surface area contributed by atoms with Crippen molar-refractivity contribution in [3.05, 3.63) is 57.0 Å². The van der Waals surface area contributed by atoms with Crippen LogP contribution in [0.25, 0.3) is 10.9 Å². The zero-order chi connectivity index (χ0) is 31.6. The smallest absolute Gasteiger partial charge is 0.343 e. The van der Waals surface area contributed by atoms with Crippen LogP contribution in [0.2, 0.25) is 0 Å². The normalized spacial score (nSPS) is 12.2. The lowest BCUT2D eigenvalue weighted by Crippen LogP contribution is -2.23. The molecule has 0 radical (unpaired) electrons. The van der Waals surface area contributed by atoms with Crippen LogP contribution in [-0.2, 0) is 22.8 Å². The fraction of sp³-hybridized carbons (Fsp3) is 0.370. The number of anilines is 3. The minimum atomic E-state index is -3.92. The Bertz CT molecular complexity index is 1810.